The number of carbonyl (C=O) groups is 2. The van der Waals surface area contributed by atoms with Crippen LogP contribution in [-0.2, 0) is 6.54 Å². The first-order valence-corrected chi connectivity index (χ1v) is 11.6. The number of nitrogens with zero attached hydrogens (tertiary/aromatic N) is 2. The monoisotopic (exact) mass is 473 g/mol. The van der Waals surface area contributed by atoms with Crippen LogP contribution in [0.3, 0.4) is 0 Å². The van der Waals surface area contributed by atoms with E-state index in [-0.39, 0.29) is 11.9 Å². The summed E-state index contributed by atoms with van der Waals surface area (Å²) in [6.45, 7) is 5.57. The molecular formula is C28H31N3O4. The van der Waals surface area contributed by atoms with Crippen LogP contribution in [0.2, 0.25) is 0 Å². The van der Waals surface area contributed by atoms with Crippen LogP contribution in [0.5, 0.6) is 11.5 Å². The molecule has 0 aliphatic carbocycles. The molecule has 1 N–H and O–H groups in total. The first-order valence-electron chi connectivity index (χ1n) is 11.6. The highest BCUT2D eigenvalue weighted by atomic mass is 16.5. The molecule has 1 heterocycles. The number of benzene rings is 3. The minimum absolute atomic E-state index is 0.104. The Kier molecular flexibility index (Phi) is 7.25. The molecule has 35 heavy (non-hydrogen) atoms. The Labute approximate surface area is 206 Å². The van der Waals surface area contributed by atoms with E-state index in [1.54, 1.807) is 25.2 Å². The number of hydrogen-bond acceptors (Lipinski definition) is 4. The summed E-state index contributed by atoms with van der Waals surface area (Å²) in [5.41, 5.74) is 4.82. The molecule has 4 rings (SSSR count). The van der Waals surface area contributed by atoms with Crippen LogP contribution in [-0.4, -0.2) is 44.1 Å². The zero-order valence-electron chi connectivity index (χ0n) is 20.6. The molecule has 0 aromatic heterocycles. The Balaban J connectivity index is 1.58. The Morgan fingerprint density at radius 3 is 2.31 bits per heavy atom. The highest BCUT2D eigenvalue weighted by Gasteiger charge is 2.29. The van der Waals surface area contributed by atoms with Gasteiger partial charge >= 0.3 is 6.03 Å². The first kappa shape index (κ1) is 24.1. The molecule has 0 radical (unpaired) electrons. The lowest BCUT2D eigenvalue weighted by atomic mass is 10.1. The highest BCUT2D eigenvalue weighted by molar-refractivity contribution is 6.07. The van der Waals surface area contributed by atoms with Crippen molar-refractivity contribution in [1.82, 2.24) is 4.90 Å². The maximum absolute atomic E-state index is 13.6. The van der Waals surface area contributed by atoms with Crippen molar-refractivity contribution in [2.24, 2.45) is 0 Å². The Hall–Kier alpha value is -4.00. The number of nitrogens with one attached hydrogen (secondary N) is 1. The van der Waals surface area contributed by atoms with Gasteiger partial charge in [0, 0.05) is 31.3 Å². The summed E-state index contributed by atoms with van der Waals surface area (Å²) in [5.74, 6) is 1.16. The van der Waals surface area contributed by atoms with Crippen molar-refractivity contribution in [2.75, 3.05) is 37.5 Å². The van der Waals surface area contributed by atoms with Crippen LogP contribution in [0.25, 0.3) is 0 Å². The smallest absolute Gasteiger partial charge is 0.324 e. The summed E-state index contributed by atoms with van der Waals surface area (Å²) in [6, 6.07) is 18.7. The van der Waals surface area contributed by atoms with Crippen molar-refractivity contribution in [3.8, 4) is 11.5 Å². The van der Waals surface area contributed by atoms with Crippen molar-refractivity contribution in [3.05, 3.63) is 82.9 Å². The van der Waals surface area contributed by atoms with Crippen LogP contribution < -0.4 is 19.7 Å². The molecular weight excluding hydrogens is 442 g/mol. The number of hydrogen-bond donors (Lipinski definition) is 1. The third-order valence-corrected chi connectivity index (χ3v) is 6.07. The lowest BCUT2D eigenvalue weighted by molar-refractivity contribution is 0.102. The largest absolute Gasteiger partial charge is 0.497 e. The number of urea groups is 1. The molecule has 0 unspecified atom stereocenters. The molecule has 3 aromatic carbocycles. The molecule has 7 heteroatoms. The summed E-state index contributed by atoms with van der Waals surface area (Å²) in [6.07, 6.45) is 0.811. The predicted octanol–water partition coefficient (Wildman–Crippen LogP) is 5.41. The molecule has 0 saturated carbocycles. The van der Waals surface area contributed by atoms with Gasteiger partial charge in [-0.3, -0.25) is 9.69 Å². The second kappa shape index (κ2) is 10.5. The third-order valence-electron chi connectivity index (χ3n) is 6.07. The van der Waals surface area contributed by atoms with E-state index in [0.29, 0.717) is 48.1 Å². The van der Waals surface area contributed by atoms with E-state index >= 15 is 0 Å². The van der Waals surface area contributed by atoms with E-state index in [1.807, 2.05) is 73.3 Å². The standard InChI is InChI=1S/C28H31N3O4/c1-19-7-5-8-22(13-19)27(32)29-25-14-20(2)9-10-26(25)31-12-6-11-30(28(31)33)18-21-15-23(34-3)17-24(16-21)35-4/h5,7-10,13-17H,6,11-12,18H2,1-4H3,(H,29,32). The minimum Gasteiger partial charge on any atom is -0.497 e. The molecule has 7 nitrogen and oxygen atoms in total. The van der Waals surface area contributed by atoms with Crippen LogP contribution in [0.15, 0.2) is 60.7 Å². The molecule has 182 valence electrons. The molecule has 0 atom stereocenters. The van der Waals surface area contributed by atoms with Crippen LogP contribution >= 0.6 is 0 Å². The van der Waals surface area contributed by atoms with Gasteiger partial charge in [0.1, 0.15) is 11.5 Å². The summed E-state index contributed by atoms with van der Waals surface area (Å²) < 4.78 is 10.8. The van der Waals surface area contributed by atoms with Crippen molar-refractivity contribution in [1.29, 1.82) is 0 Å². The van der Waals surface area contributed by atoms with Gasteiger partial charge in [-0.1, -0.05) is 23.8 Å². The zero-order chi connectivity index (χ0) is 24.9. The van der Waals surface area contributed by atoms with E-state index in [9.17, 15) is 9.59 Å². The van der Waals surface area contributed by atoms with Gasteiger partial charge in [0.25, 0.3) is 5.91 Å². The van der Waals surface area contributed by atoms with Crippen LogP contribution in [0.1, 0.15) is 33.5 Å². The zero-order valence-corrected chi connectivity index (χ0v) is 20.6. The fraction of sp³-hybridized carbons (Fsp3) is 0.286. The van der Waals surface area contributed by atoms with Gasteiger partial charge < -0.3 is 19.7 Å². The van der Waals surface area contributed by atoms with Gasteiger partial charge in [-0.05, 0) is 67.8 Å². The van der Waals surface area contributed by atoms with E-state index in [2.05, 4.69) is 5.32 Å². The average Bonchev–Trinajstić information content (AvgIpc) is 2.85. The second-order valence-electron chi connectivity index (χ2n) is 8.77. The molecule has 0 spiro atoms. The topological polar surface area (TPSA) is 71.1 Å². The lowest BCUT2D eigenvalue weighted by Gasteiger charge is -2.36. The summed E-state index contributed by atoms with van der Waals surface area (Å²) in [5, 5.41) is 3.02. The van der Waals surface area contributed by atoms with E-state index < -0.39 is 0 Å². The minimum atomic E-state index is -0.203. The number of anilines is 2. The van der Waals surface area contributed by atoms with Gasteiger partial charge in [-0.15, -0.1) is 0 Å². The maximum atomic E-state index is 13.6. The Morgan fingerprint density at radius 2 is 1.63 bits per heavy atom. The second-order valence-corrected chi connectivity index (χ2v) is 8.77. The van der Waals surface area contributed by atoms with Crippen molar-refractivity contribution >= 4 is 23.3 Å². The molecule has 1 aliphatic rings. The fourth-order valence-electron chi connectivity index (χ4n) is 4.30. The highest BCUT2D eigenvalue weighted by Crippen LogP contribution is 2.31. The van der Waals surface area contributed by atoms with Gasteiger partial charge in [0.2, 0.25) is 0 Å². The molecule has 3 aromatic rings. The fourth-order valence-corrected chi connectivity index (χ4v) is 4.30. The van der Waals surface area contributed by atoms with Crippen molar-refractivity contribution < 1.29 is 19.1 Å². The van der Waals surface area contributed by atoms with E-state index in [1.165, 1.54) is 0 Å². The average molecular weight is 474 g/mol. The van der Waals surface area contributed by atoms with Gasteiger partial charge in [0.05, 0.1) is 25.6 Å². The lowest BCUT2D eigenvalue weighted by Crippen LogP contribution is -2.49. The number of aryl methyl sites for hydroxylation is 2. The molecule has 1 saturated heterocycles. The summed E-state index contributed by atoms with van der Waals surface area (Å²) in [7, 11) is 3.21. The third kappa shape index (κ3) is 5.57. The summed E-state index contributed by atoms with van der Waals surface area (Å²) >= 11 is 0. The van der Waals surface area contributed by atoms with E-state index in [0.717, 1.165) is 23.1 Å². The summed E-state index contributed by atoms with van der Waals surface area (Å²) in [4.78, 5) is 30.1. The Bertz CT molecular complexity index is 1220. The normalized spacial score (nSPS) is 13.5. The predicted molar refractivity (Wildman–Crippen MR) is 138 cm³/mol. The van der Waals surface area contributed by atoms with Crippen molar-refractivity contribution in [2.45, 2.75) is 26.8 Å². The number of ether oxygens (including phenoxy) is 2. The van der Waals surface area contributed by atoms with Gasteiger partial charge in [-0.25, -0.2) is 4.79 Å². The van der Waals surface area contributed by atoms with Gasteiger partial charge in [0.15, 0.2) is 0 Å². The molecule has 0 bridgehead atoms. The van der Waals surface area contributed by atoms with E-state index in [4.69, 9.17) is 9.47 Å². The van der Waals surface area contributed by atoms with Crippen LogP contribution in [0, 0.1) is 13.8 Å². The molecule has 1 aliphatic heterocycles. The quantitative estimate of drug-likeness (QED) is 0.498. The Morgan fingerprint density at radius 1 is 0.914 bits per heavy atom. The SMILES string of the molecule is COc1cc(CN2CCCN(c3ccc(C)cc3NC(=O)c3cccc(C)c3)C2=O)cc(OC)c1. The number of carbonyl (C=O) groups excluding carboxylic acids is 2. The molecule has 1 fully saturated rings. The number of methoxy groups -OCH3 is 2. The maximum Gasteiger partial charge on any atom is 0.324 e. The number of rotatable bonds is 7. The number of amides is 3. The van der Waals surface area contributed by atoms with Crippen LogP contribution in [0.4, 0.5) is 16.2 Å². The molecule has 3 amide bonds. The van der Waals surface area contributed by atoms with Crippen molar-refractivity contribution in [3.63, 3.8) is 0 Å². The first-order chi connectivity index (χ1) is 16.9. The van der Waals surface area contributed by atoms with Gasteiger partial charge in [-0.2, -0.15) is 0 Å².